The van der Waals surface area contributed by atoms with Crippen LogP contribution in [0.2, 0.25) is 0 Å². The fraction of sp³-hybridized carbons (Fsp3) is 0.721. The molecule has 0 saturated carbocycles. The monoisotopic (exact) mass is 933 g/mol. The molecular weight excluding hydrogens is 829 g/mol. The Morgan fingerprint density at radius 2 is 0.582 bits per heavy atom. The summed E-state index contributed by atoms with van der Waals surface area (Å²) in [4.78, 5) is 37.9. The van der Waals surface area contributed by atoms with E-state index in [0.29, 0.717) is 19.3 Å². The molecular formula is C61H104O6. The van der Waals surface area contributed by atoms with Crippen molar-refractivity contribution >= 4 is 17.9 Å². The van der Waals surface area contributed by atoms with Gasteiger partial charge in [-0.05, 0) is 96.3 Å². The lowest BCUT2D eigenvalue weighted by Gasteiger charge is -2.18. The van der Waals surface area contributed by atoms with E-state index >= 15 is 0 Å². The first-order valence-electron chi connectivity index (χ1n) is 28.1. The first kappa shape index (κ1) is 63.6. The topological polar surface area (TPSA) is 78.9 Å². The first-order valence-corrected chi connectivity index (χ1v) is 28.1. The molecule has 0 saturated heterocycles. The molecule has 0 aliphatic rings. The fourth-order valence-corrected chi connectivity index (χ4v) is 7.68. The Kier molecular flexibility index (Phi) is 52.4. The third kappa shape index (κ3) is 53.4. The van der Waals surface area contributed by atoms with Crippen molar-refractivity contribution in [3.63, 3.8) is 0 Å². The molecule has 1 atom stereocenters. The van der Waals surface area contributed by atoms with Gasteiger partial charge >= 0.3 is 17.9 Å². The summed E-state index contributed by atoms with van der Waals surface area (Å²) in [5, 5.41) is 0. The van der Waals surface area contributed by atoms with Gasteiger partial charge in [-0.3, -0.25) is 14.4 Å². The second-order valence-electron chi connectivity index (χ2n) is 18.5. The Hall–Kier alpha value is -3.41. The maximum Gasteiger partial charge on any atom is 0.306 e. The van der Waals surface area contributed by atoms with Crippen LogP contribution in [0.25, 0.3) is 0 Å². The Morgan fingerprint density at radius 1 is 0.313 bits per heavy atom. The molecule has 0 rings (SSSR count). The molecule has 0 aliphatic carbocycles. The van der Waals surface area contributed by atoms with Crippen molar-refractivity contribution in [3.8, 4) is 0 Å². The second-order valence-corrected chi connectivity index (χ2v) is 18.5. The summed E-state index contributed by atoms with van der Waals surface area (Å²) < 4.78 is 16.7. The summed E-state index contributed by atoms with van der Waals surface area (Å²) in [5.41, 5.74) is 0. The highest BCUT2D eigenvalue weighted by Crippen LogP contribution is 2.15. The molecule has 0 aromatic heterocycles. The molecule has 6 heteroatoms. The van der Waals surface area contributed by atoms with E-state index in [9.17, 15) is 14.4 Å². The molecule has 0 heterocycles. The van der Waals surface area contributed by atoms with Crippen molar-refractivity contribution in [3.05, 3.63) is 85.1 Å². The van der Waals surface area contributed by atoms with E-state index in [4.69, 9.17) is 14.2 Å². The van der Waals surface area contributed by atoms with Gasteiger partial charge in [-0.15, -0.1) is 0 Å². The number of carbonyl (C=O) groups excluding carboxylic acids is 3. The van der Waals surface area contributed by atoms with Crippen LogP contribution >= 0.6 is 0 Å². The van der Waals surface area contributed by atoms with E-state index in [1.165, 1.54) is 116 Å². The van der Waals surface area contributed by atoms with Gasteiger partial charge in [0.25, 0.3) is 0 Å². The highest BCUT2D eigenvalue weighted by atomic mass is 16.6. The van der Waals surface area contributed by atoms with E-state index in [2.05, 4.69) is 106 Å². The van der Waals surface area contributed by atoms with E-state index in [1.807, 2.05) is 0 Å². The number of allylic oxidation sites excluding steroid dienone is 14. The molecule has 0 aliphatic heterocycles. The van der Waals surface area contributed by atoms with E-state index in [-0.39, 0.29) is 31.1 Å². The summed E-state index contributed by atoms with van der Waals surface area (Å²) in [5.74, 6) is -0.920. The van der Waals surface area contributed by atoms with Crippen LogP contribution in [0.4, 0.5) is 0 Å². The second kappa shape index (κ2) is 55.2. The number of unbranched alkanes of at least 4 members (excludes halogenated alkanes) is 25. The van der Waals surface area contributed by atoms with Crippen LogP contribution in [0, 0.1) is 0 Å². The van der Waals surface area contributed by atoms with Crippen LogP contribution in [0.15, 0.2) is 85.1 Å². The van der Waals surface area contributed by atoms with Gasteiger partial charge in [0, 0.05) is 19.3 Å². The highest BCUT2D eigenvalue weighted by Gasteiger charge is 2.19. The van der Waals surface area contributed by atoms with Crippen LogP contribution in [0.5, 0.6) is 0 Å². The summed E-state index contributed by atoms with van der Waals surface area (Å²) in [6.07, 6.45) is 71.7. The standard InChI is InChI=1S/C61H104O6/c1-4-7-10-13-16-18-20-22-24-26-27-28-29-30-31-32-33-35-36-38-40-42-45-48-51-54-60(63)66-57-58(56-65-59(62)53-50-47-44-15-12-9-6-3)67-61(64)55-52-49-46-43-41-39-37-34-25-23-21-19-17-14-11-8-5-2/h8,11,17,19-20,22-23,25-27,29-30,37,39,58H,4-7,9-10,12-16,18,21,24,28,31-36,38,40-57H2,1-3H3/b11-8-,19-17-,22-20-,25-23-,27-26-,30-29-,39-37-. The quantitative estimate of drug-likeness (QED) is 0.0262. The Labute approximate surface area is 414 Å². The molecule has 0 N–H and O–H groups in total. The minimum absolute atomic E-state index is 0.0874. The van der Waals surface area contributed by atoms with E-state index in [1.54, 1.807) is 0 Å². The summed E-state index contributed by atoms with van der Waals surface area (Å²) >= 11 is 0. The number of rotatable bonds is 50. The van der Waals surface area contributed by atoms with Gasteiger partial charge in [0.05, 0.1) is 0 Å². The Bertz CT molecular complexity index is 1300. The van der Waals surface area contributed by atoms with Crippen LogP contribution < -0.4 is 0 Å². The maximum absolute atomic E-state index is 12.8. The maximum atomic E-state index is 12.8. The van der Waals surface area contributed by atoms with Gasteiger partial charge < -0.3 is 14.2 Å². The minimum atomic E-state index is -0.788. The Balaban J connectivity index is 4.22. The number of hydrogen-bond donors (Lipinski definition) is 0. The SMILES string of the molecule is CC/C=C\C/C=C\C/C=C\C/C=C\CCCCCCC(=O)OC(COC(=O)CCCCCCCCC)COC(=O)CCCCCCCCCCCC/C=C\C/C=C\C/C=C\CCCCCCC. The zero-order valence-electron chi connectivity index (χ0n) is 43.9. The summed E-state index contributed by atoms with van der Waals surface area (Å²) in [6.45, 7) is 6.45. The van der Waals surface area contributed by atoms with Crippen molar-refractivity contribution in [2.75, 3.05) is 13.2 Å². The van der Waals surface area contributed by atoms with Crippen molar-refractivity contribution in [1.29, 1.82) is 0 Å². The number of ether oxygens (including phenoxy) is 3. The van der Waals surface area contributed by atoms with Gasteiger partial charge in [0.1, 0.15) is 13.2 Å². The third-order valence-electron chi connectivity index (χ3n) is 11.9. The summed E-state index contributed by atoms with van der Waals surface area (Å²) in [6, 6.07) is 0. The zero-order chi connectivity index (χ0) is 48.6. The predicted molar refractivity (Wildman–Crippen MR) is 288 cm³/mol. The minimum Gasteiger partial charge on any atom is -0.462 e. The van der Waals surface area contributed by atoms with Crippen molar-refractivity contribution in [1.82, 2.24) is 0 Å². The molecule has 0 spiro atoms. The van der Waals surface area contributed by atoms with Crippen molar-refractivity contribution in [2.45, 2.75) is 271 Å². The van der Waals surface area contributed by atoms with Crippen LogP contribution in [-0.2, 0) is 28.6 Å². The predicted octanol–water partition coefficient (Wildman–Crippen LogP) is 18.8. The first-order chi connectivity index (χ1) is 33.0. The molecule has 6 nitrogen and oxygen atoms in total. The molecule has 67 heavy (non-hydrogen) atoms. The van der Waals surface area contributed by atoms with Gasteiger partial charge in [0.2, 0.25) is 0 Å². The third-order valence-corrected chi connectivity index (χ3v) is 11.9. The molecule has 0 amide bonds. The molecule has 384 valence electrons. The molecule has 0 aromatic carbocycles. The van der Waals surface area contributed by atoms with Crippen molar-refractivity contribution in [2.24, 2.45) is 0 Å². The number of carbonyl (C=O) groups is 3. The van der Waals surface area contributed by atoms with E-state index in [0.717, 1.165) is 109 Å². The molecule has 0 bridgehead atoms. The average molecular weight is 933 g/mol. The zero-order valence-corrected chi connectivity index (χ0v) is 43.9. The van der Waals surface area contributed by atoms with Gasteiger partial charge in [-0.1, -0.05) is 234 Å². The average Bonchev–Trinajstić information content (AvgIpc) is 3.33. The summed E-state index contributed by atoms with van der Waals surface area (Å²) in [7, 11) is 0. The normalized spacial score (nSPS) is 12.7. The number of esters is 3. The molecule has 0 radical (unpaired) electrons. The van der Waals surface area contributed by atoms with Crippen LogP contribution in [0.1, 0.15) is 265 Å². The van der Waals surface area contributed by atoms with Gasteiger partial charge in [-0.2, -0.15) is 0 Å². The molecule has 0 fully saturated rings. The van der Waals surface area contributed by atoms with Crippen LogP contribution in [0.3, 0.4) is 0 Å². The lowest BCUT2D eigenvalue weighted by atomic mass is 10.1. The lowest BCUT2D eigenvalue weighted by Crippen LogP contribution is -2.30. The molecule has 0 aromatic rings. The highest BCUT2D eigenvalue weighted by molar-refractivity contribution is 5.71. The Morgan fingerprint density at radius 3 is 0.910 bits per heavy atom. The molecule has 1 unspecified atom stereocenters. The fourth-order valence-electron chi connectivity index (χ4n) is 7.68. The number of hydrogen-bond acceptors (Lipinski definition) is 6. The van der Waals surface area contributed by atoms with Crippen molar-refractivity contribution < 1.29 is 28.6 Å². The van der Waals surface area contributed by atoms with Gasteiger partial charge in [0.15, 0.2) is 6.10 Å². The van der Waals surface area contributed by atoms with Gasteiger partial charge in [-0.25, -0.2) is 0 Å². The largest absolute Gasteiger partial charge is 0.462 e. The lowest BCUT2D eigenvalue weighted by molar-refractivity contribution is -0.167. The smallest absolute Gasteiger partial charge is 0.306 e. The van der Waals surface area contributed by atoms with E-state index < -0.39 is 6.10 Å². The van der Waals surface area contributed by atoms with Crippen LogP contribution in [-0.4, -0.2) is 37.2 Å².